The molecule has 6 nitrogen and oxygen atoms in total. The van der Waals surface area contributed by atoms with E-state index >= 15 is 0 Å². The van der Waals surface area contributed by atoms with Crippen molar-refractivity contribution in [2.24, 2.45) is 5.10 Å². The monoisotopic (exact) mass is 406 g/mol. The molecule has 2 heterocycles. The van der Waals surface area contributed by atoms with Crippen molar-refractivity contribution in [3.05, 3.63) is 96.2 Å². The fourth-order valence-corrected chi connectivity index (χ4v) is 3.55. The number of hydrogen-bond acceptors (Lipinski definition) is 4. The molecule has 31 heavy (non-hydrogen) atoms. The molecule has 0 spiro atoms. The van der Waals surface area contributed by atoms with Gasteiger partial charge >= 0.3 is 0 Å². The first kappa shape index (κ1) is 18.6. The third kappa shape index (κ3) is 3.62. The summed E-state index contributed by atoms with van der Waals surface area (Å²) in [6, 6.07) is 25.9. The van der Waals surface area contributed by atoms with Crippen molar-refractivity contribution in [3.8, 4) is 17.0 Å². The molecule has 3 aromatic carbocycles. The van der Waals surface area contributed by atoms with Gasteiger partial charge in [0, 0.05) is 21.9 Å². The molecule has 1 amide bonds. The van der Waals surface area contributed by atoms with Gasteiger partial charge in [-0.15, -0.1) is 0 Å². The van der Waals surface area contributed by atoms with Gasteiger partial charge in [0.05, 0.1) is 17.4 Å². The Morgan fingerprint density at radius 3 is 2.48 bits per heavy atom. The number of aromatic nitrogens is 2. The highest BCUT2D eigenvalue weighted by atomic mass is 16.3. The van der Waals surface area contributed by atoms with Crippen LogP contribution < -0.4 is 5.43 Å². The van der Waals surface area contributed by atoms with Crippen molar-refractivity contribution in [2.45, 2.75) is 0 Å². The number of aromatic hydroxyl groups is 1. The number of pyridine rings is 1. The van der Waals surface area contributed by atoms with Crippen LogP contribution in [0.1, 0.15) is 16.1 Å². The number of H-pyrrole nitrogens is 1. The first-order chi connectivity index (χ1) is 15.2. The molecule has 0 saturated heterocycles. The number of carbonyl (C=O) groups excluding carboxylic acids is 1. The number of phenolic OH excluding ortho intramolecular Hbond substituents is 1. The minimum Gasteiger partial charge on any atom is -0.508 e. The van der Waals surface area contributed by atoms with E-state index in [4.69, 9.17) is 0 Å². The number of fused-ring (bicyclic) bond motifs is 3. The summed E-state index contributed by atoms with van der Waals surface area (Å²) in [5.41, 5.74) is 6.90. The van der Waals surface area contributed by atoms with Crippen LogP contribution in [0.2, 0.25) is 0 Å². The Labute approximate surface area is 177 Å². The van der Waals surface area contributed by atoms with Crippen molar-refractivity contribution in [1.82, 2.24) is 15.4 Å². The van der Waals surface area contributed by atoms with E-state index in [1.807, 2.05) is 54.6 Å². The number of benzene rings is 3. The van der Waals surface area contributed by atoms with Gasteiger partial charge in [-0.1, -0.05) is 48.5 Å². The molecule has 0 saturated carbocycles. The maximum absolute atomic E-state index is 12.8. The molecule has 0 bridgehead atoms. The van der Waals surface area contributed by atoms with Crippen molar-refractivity contribution in [3.63, 3.8) is 0 Å². The molecule has 0 aliphatic heterocycles. The number of carbonyl (C=O) groups is 1. The Kier molecular flexibility index (Phi) is 4.65. The molecule has 3 N–H and O–H groups in total. The van der Waals surface area contributed by atoms with Crippen molar-refractivity contribution in [2.75, 3.05) is 0 Å². The lowest BCUT2D eigenvalue weighted by Crippen LogP contribution is -2.19. The number of nitrogens with zero attached hydrogens (tertiary/aromatic N) is 2. The minimum atomic E-state index is -0.403. The quantitative estimate of drug-likeness (QED) is 0.294. The van der Waals surface area contributed by atoms with Crippen molar-refractivity contribution in [1.29, 1.82) is 0 Å². The van der Waals surface area contributed by atoms with Crippen LogP contribution >= 0.6 is 0 Å². The van der Waals surface area contributed by atoms with Crippen LogP contribution in [-0.2, 0) is 0 Å². The highest BCUT2D eigenvalue weighted by Gasteiger charge is 2.16. The summed E-state index contributed by atoms with van der Waals surface area (Å²) < 4.78 is 0. The predicted octanol–water partition coefficient (Wildman–Crippen LogP) is 4.85. The third-order valence-electron chi connectivity index (χ3n) is 5.05. The standard InChI is InChI=1S/C25H18N4O2/c30-18-12-10-17(11-13-18)23-24-20(19-8-4-5-9-21(19)27-24)14-22(28-23)25(31)29-26-15-16-6-2-1-3-7-16/h1-15,27,30H,(H,29,31)/b26-15+. The lowest BCUT2D eigenvalue weighted by Gasteiger charge is -2.07. The highest BCUT2D eigenvalue weighted by molar-refractivity contribution is 6.13. The van der Waals surface area contributed by atoms with Crippen LogP contribution in [-0.4, -0.2) is 27.2 Å². The first-order valence-electron chi connectivity index (χ1n) is 9.78. The van der Waals surface area contributed by atoms with Gasteiger partial charge < -0.3 is 10.1 Å². The van der Waals surface area contributed by atoms with Gasteiger partial charge in [-0.2, -0.15) is 5.10 Å². The molecule has 2 aromatic heterocycles. The number of hydrazone groups is 1. The molecule has 5 aromatic rings. The van der Waals surface area contributed by atoms with Gasteiger partial charge in [0.25, 0.3) is 5.91 Å². The average Bonchev–Trinajstić information content (AvgIpc) is 3.18. The number of amides is 1. The highest BCUT2D eigenvalue weighted by Crippen LogP contribution is 2.33. The third-order valence-corrected chi connectivity index (χ3v) is 5.05. The predicted molar refractivity (Wildman–Crippen MR) is 122 cm³/mol. The van der Waals surface area contributed by atoms with E-state index in [-0.39, 0.29) is 11.4 Å². The maximum atomic E-state index is 12.8. The molecule has 0 aliphatic rings. The summed E-state index contributed by atoms with van der Waals surface area (Å²) in [5.74, 6) is -0.236. The molecule has 0 unspecified atom stereocenters. The van der Waals surface area contributed by atoms with Gasteiger partial charge in [-0.25, -0.2) is 10.4 Å². The topological polar surface area (TPSA) is 90.4 Å². The van der Waals surface area contributed by atoms with E-state index in [0.717, 1.165) is 32.9 Å². The first-order valence-corrected chi connectivity index (χ1v) is 9.78. The second kappa shape index (κ2) is 7.76. The summed E-state index contributed by atoms with van der Waals surface area (Å²) in [5, 5.41) is 15.6. The molecule has 0 aliphatic carbocycles. The fraction of sp³-hybridized carbons (Fsp3) is 0. The Morgan fingerprint density at radius 1 is 0.935 bits per heavy atom. The number of phenols is 1. The Balaban J connectivity index is 1.59. The van der Waals surface area contributed by atoms with Crippen LogP contribution in [0, 0.1) is 0 Å². The average molecular weight is 406 g/mol. The molecule has 5 rings (SSSR count). The Hall–Kier alpha value is -4.45. The number of para-hydroxylation sites is 1. The van der Waals surface area contributed by atoms with Crippen LogP contribution in [0.3, 0.4) is 0 Å². The zero-order valence-corrected chi connectivity index (χ0v) is 16.4. The second-order valence-electron chi connectivity index (χ2n) is 7.11. The van der Waals surface area contributed by atoms with Crippen molar-refractivity contribution >= 4 is 33.9 Å². The van der Waals surface area contributed by atoms with Gasteiger partial charge in [-0.05, 0) is 42.0 Å². The van der Waals surface area contributed by atoms with E-state index < -0.39 is 5.91 Å². The van der Waals surface area contributed by atoms with E-state index in [1.54, 1.807) is 36.5 Å². The minimum absolute atomic E-state index is 0.167. The van der Waals surface area contributed by atoms with Crippen LogP contribution in [0.15, 0.2) is 90.0 Å². The normalized spacial score (nSPS) is 11.4. The molecule has 0 fully saturated rings. The zero-order chi connectivity index (χ0) is 21.2. The molecule has 0 atom stereocenters. The molecule has 6 heteroatoms. The zero-order valence-electron chi connectivity index (χ0n) is 16.4. The number of nitrogens with one attached hydrogen (secondary N) is 2. The van der Waals surface area contributed by atoms with E-state index in [9.17, 15) is 9.90 Å². The SMILES string of the molecule is O=C(N/N=C/c1ccccc1)c1cc2c([nH]c3ccccc32)c(-c2ccc(O)cc2)n1. The summed E-state index contributed by atoms with van der Waals surface area (Å²) in [6.07, 6.45) is 1.59. The molecular weight excluding hydrogens is 388 g/mol. The smallest absolute Gasteiger partial charge is 0.289 e. The second-order valence-corrected chi connectivity index (χ2v) is 7.11. The van der Waals surface area contributed by atoms with E-state index in [2.05, 4.69) is 20.5 Å². The lowest BCUT2D eigenvalue weighted by molar-refractivity contribution is 0.0950. The molecule has 150 valence electrons. The summed E-state index contributed by atoms with van der Waals surface area (Å²) in [6.45, 7) is 0. The summed E-state index contributed by atoms with van der Waals surface area (Å²) in [4.78, 5) is 20.9. The van der Waals surface area contributed by atoms with E-state index in [0.29, 0.717) is 5.69 Å². The summed E-state index contributed by atoms with van der Waals surface area (Å²) >= 11 is 0. The van der Waals surface area contributed by atoms with Crippen LogP contribution in [0.25, 0.3) is 33.1 Å². The largest absolute Gasteiger partial charge is 0.508 e. The fourth-order valence-electron chi connectivity index (χ4n) is 3.55. The Bertz CT molecular complexity index is 1420. The summed E-state index contributed by atoms with van der Waals surface area (Å²) in [7, 11) is 0. The number of aromatic amines is 1. The van der Waals surface area contributed by atoms with Gasteiger partial charge in [0.2, 0.25) is 0 Å². The molecule has 0 radical (unpaired) electrons. The van der Waals surface area contributed by atoms with Crippen LogP contribution in [0.5, 0.6) is 5.75 Å². The number of hydrogen-bond donors (Lipinski definition) is 3. The number of rotatable bonds is 4. The van der Waals surface area contributed by atoms with Gasteiger partial charge in [-0.3, -0.25) is 4.79 Å². The van der Waals surface area contributed by atoms with Crippen LogP contribution in [0.4, 0.5) is 0 Å². The van der Waals surface area contributed by atoms with Gasteiger partial charge in [0.15, 0.2) is 0 Å². The maximum Gasteiger partial charge on any atom is 0.289 e. The Morgan fingerprint density at radius 2 is 1.68 bits per heavy atom. The van der Waals surface area contributed by atoms with Gasteiger partial charge in [0.1, 0.15) is 11.4 Å². The van der Waals surface area contributed by atoms with Crippen molar-refractivity contribution < 1.29 is 9.90 Å². The molecular formula is C25H18N4O2. The van der Waals surface area contributed by atoms with E-state index in [1.165, 1.54) is 0 Å². The lowest BCUT2D eigenvalue weighted by atomic mass is 10.1.